The van der Waals surface area contributed by atoms with Crippen molar-refractivity contribution < 1.29 is 18.8 Å². The fourth-order valence-electron chi connectivity index (χ4n) is 1.18. The number of para-hydroxylation sites is 1. The van der Waals surface area contributed by atoms with Gasteiger partial charge in [-0.1, -0.05) is 12.1 Å². The second-order valence-electron chi connectivity index (χ2n) is 3.34. The lowest BCUT2D eigenvalue weighted by molar-refractivity contribution is -0.133. The Morgan fingerprint density at radius 3 is 2.88 bits per heavy atom. The van der Waals surface area contributed by atoms with Gasteiger partial charge in [0.05, 0.1) is 13.2 Å². The highest BCUT2D eigenvalue weighted by atomic mass is 19.1. The van der Waals surface area contributed by atoms with E-state index in [9.17, 15) is 9.18 Å². The molecule has 0 spiro atoms. The lowest BCUT2D eigenvalue weighted by Crippen LogP contribution is -2.23. The topological polar surface area (TPSA) is 47.6 Å². The summed E-state index contributed by atoms with van der Waals surface area (Å²) in [6.45, 7) is 2.50. The fraction of sp³-hybridized carbons (Fsp3) is 0.417. The molecule has 1 amide bonds. The third-order valence-electron chi connectivity index (χ3n) is 1.97. The third kappa shape index (κ3) is 5.31. The van der Waals surface area contributed by atoms with E-state index < -0.39 is 5.82 Å². The maximum absolute atomic E-state index is 13.1. The van der Waals surface area contributed by atoms with Gasteiger partial charge in [-0.05, 0) is 25.5 Å². The molecule has 1 rings (SSSR count). The van der Waals surface area contributed by atoms with Crippen LogP contribution in [0.25, 0.3) is 0 Å². The minimum Gasteiger partial charge on any atom is -0.491 e. The number of hydroxylamine groups is 1. The molecular weight excluding hydrogens is 225 g/mol. The van der Waals surface area contributed by atoms with Crippen molar-refractivity contribution in [3.05, 3.63) is 30.1 Å². The first-order valence-electron chi connectivity index (χ1n) is 5.52. The van der Waals surface area contributed by atoms with Crippen molar-refractivity contribution in [1.82, 2.24) is 5.48 Å². The van der Waals surface area contributed by atoms with Crippen molar-refractivity contribution >= 4 is 5.91 Å². The number of rotatable bonds is 7. The predicted molar refractivity (Wildman–Crippen MR) is 60.9 cm³/mol. The molecule has 0 aliphatic heterocycles. The first kappa shape index (κ1) is 13.4. The standard InChI is InChI=1S/C12H16FNO3/c1-2-17-14-12(15)8-5-9-16-11-7-4-3-6-10(11)13/h3-4,6-7H,2,5,8-9H2,1H3,(H,14,15). The molecule has 0 saturated carbocycles. The highest BCUT2D eigenvalue weighted by molar-refractivity contribution is 5.74. The van der Waals surface area contributed by atoms with Gasteiger partial charge in [0.1, 0.15) is 0 Å². The molecular formula is C12H16FNO3. The Bertz CT molecular complexity index is 357. The Balaban J connectivity index is 2.16. The van der Waals surface area contributed by atoms with Crippen molar-refractivity contribution in [3.8, 4) is 5.75 Å². The van der Waals surface area contributed by atoms with Gasteiger partial charge in [-0.15, -0.1) is 0 Å². The molecule has 0 unspecified atom stereocenters. The van der Waals surface area contributed by atoms with E-state index >= 15 is 0 Å². The molecule has 0 saturated heterocycles. The summed E-state index contributed by atoms with van der Waals surface area (Å²) in [6.07, 6.45) is 0.793. The highest BCUT2D eigenvalue weighted by Crippen LogP contribution is 2.15. The summed E-state index contributed by atoms with van der Waals surface area (Å²) in [4.78, 5) is 15.8. The monoisotopic (exact) mass is 241 g/mol. The van der Waals surface area contributed by atoms with Crippen LogP contribution in [0.4, 0.5) is 4.39 Å². The number of hydrogen-bond acceptors (Lipinski definition) is 3. The molecule has 0 aliphatic rings. The lowest BCUT2D eigenvalue weighted by atomic mass is 10.3. The van der Waals surface area contributed by atoms with Gasteiger partial charge in [-0.3, -0.25) is 9.63 Å². The van der Waals surface area contributed by atoms with Crippen LogP contribution in [0, 0.1) is 5.82 Å². The van der Waals surface area contributed by atoms with Crippen molar-refractivity contribution in [2.24, 2.45) is 0 Å². The Hall–Kier alpha value is -1.62. The van der Waals surface area contributed by atoms with E-state index in [1.165, 1.54) is 6.07 Å². The molecule has 0 radical (unpaired) electrons. The Morgan fingerprint density at radius 1 is 1.41 bits per heavy atom. The van der Waals surface area contributed by atoms with Gasteiger partial charge < -0.3 is 4.74 Å². The van der Waals surface area contributed by atoms with Crippen LogP contribution < -0.4 is 10.2 Å². The van der Waals surface area contributed by atoms with Crippen LogP contribution >= 0.6 is 0 Å². The van der Waals surface area contributed by atoms with E-state index in [-0.39, 0.29) is 18.1 Å². The summed E-state index contributed by atoms with van der Waals surface area (Å²) < 4.78 is 18.3. The maximum atomic E-state index is 13.1. The zero-order valence-electron chi connectivity index (χ0n) is 9.74. The SMILES string of the molecule is CCONC(=O)CCCOc1ccccc1F. The zero-order valence-corrected chi connectivity index (χ0v) is 9.74. The number of benzene rings is 1. The summed E-state index contributed by atoms with van der Waals surface area (Å²) in [7, 11) is 0. The normalized spacial score (nSPS) is 10.0. The van der Waals surface area contributed by atoms with Crippen LogP contribution in [-0.4, -0.2) is 19.1 Å². The average Bonchev–Trinajstić information content (AvgIpc) is 2.34. The predicted octanol–water partition coefficient (Wildman–Crippen LogP) is 2.05. The molecule has 0 bridgehead atoms. The second-order valence-corrected chi connectivity index (χ2v) is 3.34. The van der Waals surface area contributed by atoms with E-state index in [1.807, 2.05) is 0 Å². The molecule has 4 nitrogen and oxygen atoms in total. The molecule has 0 atom stereocenters. The maximum Gasteiger partial charge on any atom is 0.243 e. The quantitative estimate of drug-likeness (QED) is 0.587. The summed E-state index contributed by atoms with van der Waals surface area (Å²) in [5.74, 6) is -0.395. The molecule has 1 aromatic carbocycles. The molecule has 0 fully saturated rings. The number of hydrogen-bond donors (Lipinski definition) is 1. The average molecular weight is 241 g/mol. The molecule has 0 aliphatic carbocycles. The molecule has 1 N–H and O–H groups in total. The van der Waals surface area contributed by atoms with Gasteiger partial charge in [-0.25, -0.2) is 9.87 Å². The van der Waals surface area contributed by atoms with Gasteiger partial charge >= 0.3 is 0 Å². The van der Waals surface area contributed by atoms with Crippen LogP contribution in [0.1, 0.15) is 19.8 Å². The summed E-state index contributed by atoms with van der Waals surface area (Å²) >= 11 is 0. The minimum absolute atomic E-state index is 0.205. The van der Waals surface area contributed by atoms with E-state index in [1.54, 1.807) is 25.1 Å². The first-order chi connectivity index (χ1) is 8.24. The minimum atomic E-state index is -0.397. The Labute approximate surface area is 99.7 Å². The molecule has 5 heteroatoms. The van der Waals surface area contributed by atoms with Gasteiger partial charge in [-0.2, -0.15) is 0 Å². The smallest absolute Gasteiger partial charge is 0.243 e. The molecule has 0 heterocycles. The van der Waals surface area contributed by atoms with Crippen molar-refractivity contribution in [1.29, 1.82) is 0 Å². The molecule has 1 aromatic rings. The van der Waals surface area contributed by atoms with E-state index in [4.69, 9.17) is 9.57 Å². The number of carbonyl (C=O) groups is 1. The van der Waals surface area contributed by atoms with Crippen molar-refractivity contribution in [2.45, 2.75) is 19.8 Å². The Morgan fingerprint density at radius 2 is 2.18 bits per heavy atom. The van der Waals surface area contributed by atoms with Gasteiger partial charge in [0.15, 0.2) is 11.6 Å². The van der Waals surface area contributed by atoms with Crippen molar-refractivity contribution in [3.63, 3.8) is 0 Å². The van der Waals surface area contributed by atoms with E-state index in [0.717, 1.165) is 0 Å². The molecule has 94 valence electrons. The van der Waals surface area contributed by atoms with Gasteiger partial charge in [0.2, 0.25) is 5.91 Å². The molecule has 17 heavy (non-hydrogen) atoms. The highest BCUT2D eigenvalue weighted by Gasteiger charge is 2.03. The van der Waals surface area contributed by atoms with Crippen LogP contribution in [0.5, 0.6) is 5.75 Å². The number of amides is 1. The number of halogens is 1. The van der Waals surface area contributed by atoms with E-state index in [0.29, 0.717) is 19.6 Å². The Kier molecular flexibility index (Phi) is 6.03. The molecule has 0 aromatic heterocycles. The zero-order chi connectivity index (χ0) is 12.5. The van der Waals surface area contributed by atoms with Crippen LogP contribution in [0.2, 0.25) is 0 Å². The van der Waals surface area contributed by atoms with E-state index in [2.05, 4.69) is 5.48 Å². The van der Waals surface area contributed by atoms with Gasteiger partial charge in [0.25, 0.3) is 0 Å². The lowest BCUT2D eigenvalue weighted by Gasteiger charge is -2.07. The largest absolute Gasteiger partial charge is 0.491 e. The summed E-state index contributed by atoms with van der Waals surface area (Å²) in [5.41, 5.74) is 2.27. The summed E-state index contributed by atoms with van der Waals surface area (Å²) in [6, 6.07) is 6.17. The number of ether oxygens (including phenoxy) is 1. The van der Waals surface area contributed by atoms with Crippen molar-refractivity contribution in [2.75, 3.05) is 13.2 Å². The third-order valence-corrected chi connectivity index (χ3v) is 1.97. The van der Waals surface area contributed by atoms with Crippen LogP contribution in [0.15, 0.2) is 24.3 Å². The second kappa shape index (κ2) is 7.62. The van der Waals surface area contributed by atoms with Crippen LogP contribution in [-0.2, 0) is 9.63 Å². The number of carbonyl (C=O) groups excluding carboxylic acids is 1. The number of nitrogens with one attached hydrogen (secondary N) is 1. The fourth-order valence-corrected chi connectivity index (χ4v) is 1.18. The van der Waals surface area contributed by atoms with Crippen LogP contribution in [0.3, 0.4) is 0 Å². The summed E-state index contributed by atoms with van der Waals surface area (Å²) in [5, 5.41) is 0. The first-order valence-corrected chi connectivity index (χ1v) is 5.52. The van der Waals surface area contributed by atoms with Gasteiger partial charge in [0, 0.05) is 6.42 Å².